The van der Waals surface area contributed by atoms with E-state index in [9.17, 15) is 19.8 Å². The van der Waals surface area contributed by atoms with Crippen LogP contribution in [0.3, 0.4) is 0 Å². The van der Waals surface area contributed by atoms with E-state index in [1.165, 1.54) is 31.4 Å². The van der Waals surface area contributed by atoms with Crippen molar-refractivity contribution in [3.8, 4) is 22.8 Å². The number of ether oxygens (including phenoxy) is 2. The molecule has 7 nitrogen and oxygen atoms in total. The van der Waals surface area contributed by atoms with E-state index in [-0.39, 0.29) is 30.0 Å². The van der Waals surface area contributed by atoms with Gasteiger partial charge in [0.15, 0.2) is 0 Å². The highest BCUT2D eigenvalue weighted by atomic mass is 32.1. The third-order valence-electron chi connectivity index (χ3n) is 6.07. The van der Waals surface area contributed by atoms with Gasteiger partial charge in [-0.05, 0) is 42.5 Å². The molecule has 2 N–H and O–H groups in total. The van der Waals surface area contributed by atoms with Crippen molar-refractivity contribution in [2.45, 2.75) is 65.3 Å². The summed E-state index contributed by atoms with van der Waals surface area (Å²) in [5.74, 6) is -0.616. The molecule has 8 heteroatoms. The molecular formula is C26H33NO6S. The number of hydrogen-bond acceptors (Lipinski definition) is 7. The minimum atomic E-state index is -0.397. The number of carbonyl (C=O) groups is 2. The molecule has 0 radical (unpaired) electrons. The molecule has 0 spiro atoms. The Balaban J connectivity index is 2.29. The van der Waals surface area contributed by atoms with Gasteiger partial charge in [-0.1, -0.05) is 33.1 Å². The number of methoxy groups -OCH3 is 1. The van der Waals surface area contributed by atoms with Crippen LogP contribution in [0.2, 0.25) is 0 Å². The molecule has 0 bridgehead atoms. The number of esters is 2. The van der Waals surface area contributed by atoms with Crippen LogP contribution in [0.4, 0.5) is 0 Å². The fraction of sp³-hybridized carbons (Fsp3) is 0.462. The van der Waals surface area contributed by atoms with Gasteiger partial charge in [0, 0.05) is 18.6 Å². The average molecular weight is 488 g/mol. The third-order valence-corrected chi connectivity index (χ3v) is 7.21. The molecule has 0 amide bonds. The number of nitrogens with zero attached hydrogens (tertiary/aromatic N) is 1. The van der Waals surface area contributed by atoms with E-state index < -0.39 is 5.97 Å². The topological polar surface area (TPSA) is 98.0 Å². The molecule has 3 aromatic rings. The van der Waals surface area contributed by atoms with Crippen molar-refractivity contribution >= 4 is 33.5 Å². The number of carbonyl (C=O) groups excluding carboxylic acids is 2. The summed E-state index contributed by atoms with van der Waals surface area (Å²) in [5.41, 5.74) is 3.32. The monoisotopic (exact) mass is 487 g/mol. The summed E-state index contributed by atoms with van der Waals surface area (Å²) in [7, 11) is 1.36. The maximum absolute atomic E-state index is 12.3. The molecule has 0 aliphatic rings. The molecule has 1 atom stereocenters. The van der Waals surface area contributed by atoms with Crippen LogP contribution in [0.1, 0.15) is 74.0 Å². The van der Waals surface area contributed by atoms with Gasteiger partial charge in [0.1, 0.15) is 23.0 Å². The van der Waals surface area contributed by atoms with Gasteiger partial charge in [-0.15, -0.1) is 11.3 Å². The summed E-state index contributed by atoms with van der Waals surface area (Å²) < 4.78 is 13.2. The van der Waals surface area contributed by atoms with Crippen LogP contribution in [-0.2, 0) is 20.8 Å². The minimum absolute atomic E-state index is 0.0226. The van der Waals surface area contributed by atoms with Crippen molar-refractivity contribution in [1.82, 2.24) is 4.57 Å². The maximum atomic E-state index is 12.3. The zero-order valence-electron chi connectivity index (χ0n) is 20.2. The molecule has 2 aromatic heterocycles. The Labute approximate surface area is 203 Å². The highest BCUT2D eigenvalue weighted by Crippen LogP contribution is 2.47. The number of hydrogen-bond donors (Lipinski definition) is 2. The van der Waals surface area contributed by atoms with Gasteiger partial charge in [0.05, 0.1) is 29.6 Å². The van der Waals surface area contributed by atoms with Gasteiger partial charge >= 0.3 is 11.9 Å². The lowest BCUT2D eigenvalue weighted by Crippen LogP contribution is -2.11. The van der Waals surface area contributed by atoms with E-state index >= 15 is 0 Å². The number of thiophene rings is 1. The van der Waals surface area contributed by atoms with Crippen molar-refractivity contribution in [3.05, 3.63) is 34.7 Å². The highest BCUT2D eigenvalue weighted by Gasteiger charge is 2.28. The maximum Gasteiger partial charge on any atom is 0.348 e. The standard InChI is InChI=1S/C26H33NO6S/c1-5-7-8-9-17(6-2)23-24(19-11-10-18(29)14-21(19)30)27(12-13-33-16(3)28)20-15-22(26(31)32-4)34-25(20)23/h10-11,14-15,17,29-30H,5-9,12-13H2,1-4H3. The Morgan fingerprint density at radius 3 is 2.53 bits per heavy atom. The molecule has 1 aromatic carbocycles. The molecule has 0 fully saturated rings. The van der Waals surface area contributed by atoms with Crippen LogP contribution in [0.5, 0.6) is 11.5 Å². The Hall–Kier alpha value is -3.00. The lowest BCUT2D eigenvalue weighted by molar-refractivity contribution is -0.141. The van der Waals surface area contributed by atoms with Gasteiger partial charge in [-0.2, -0.15) is 0 Å². The van der Waals surface area contributed by atoms with E-state index in [2.05, 4.69) is 13.8 Å². The van der Waals surface area contributed by atoms with Gasteiger partial charge in [0.25, 0.3) is 0 Å². The number of aromatic nitrogens is 1. The van der Waals surface area contributed by atoms with Crippen LogP contribution in [0.25, 0.3) is 21.5 Å². The minimum Gasteiger partial charge on any atom is -0.508 e. The first-order valence-electron chi connectivity index (χ1n) is 11.7. The smallest absolute Gasteiger partial charge is 0.348 e. The molecule has 34 heavy (non-hydrogen) atoms. The van der Waals surface area contributed by atoms with E-state index in [1.807, 2.05) is 10.6 Å². The van der Waals surface area contributed by atoms with Gasteiger partial charge in [0.2, 0.25) is 0 Å². The first kappa shape index (κ1) is 25.6. The van der Waals surface area contributed by atoms with Gasteiger partial charge < -0.3 is 24.3 Å². The second-order valence-electron chi connectivity index (χ2n) is 8.37. The summed E-state index contributed by atoms with van der Waals surface area (Å²) in [4.78, 5) is 24.3. The third kappa shape index (κ3) is 5.38. The van der Waals surface area contributed by atoms with Crippen LogP contribution < -0.4 is 0 Å². The van der Waals surface area contributed by atoms with Crippen molar-refractivity contribution < 1.29 is 29.3 Å². The number of fused-ring (bicyclic) bond motifs is 1. The summed E-state index contributed by atoms with van der Waals surface area (Å²) in [6, 6.07) is 6.39. The van der Waals surface area contributed by atoms with E-state index in [1.54, 1.807) is 12.1 Å². The van der Waals surface area contributed by atoms with E-state index in [0.29, 0.717) is 17.0 Å². The fourth-order valence-electron chi connectivity index (χ4n) is 4.45. The quantitative estimate of drug-likeness (QED) is 0.247. The average Bonchev–Trinajstić information content (AvgIpc) is 3.34. The van der Waals surface area contributed by atoms with Crippen molar-refractivity contribution in [3.63, 3.8) is 0 Å². The van der Waals surface area contributed by atoms with Crippen LogP contribution >= 0.6 is 11.3 Å². The molecule has 3 rings (SSSR count). The number of phenolic OH excluding ortho intramolecular Hbond substituents is 2. The van der Waals surface area contributed by atoms with E-state index in [4.69, 9.17) is 9.47 Å². The normalized spacial score (nSPS) is 12.1. The lowest BCUT2D eigenvalue weighted by Gasteiger charge is -2.19. The zero-order valence-corrected chi connectivity index (χ0v) is 21.0. The van der Waals surface area contributed by atoms with Crippen molar-refractivity contribution in [2.75, 3.05) is 13.7 Å². The number of aromatic hydroxyl groups is 2. The van der Waals surface area contributed by atoms with Gasteiger partial charge in [-0.25, -0.2) is 4.79 Å². The Bertz CT molecular complexity index is 1160. The number of unbranched alkanes of at least 4 members (excludes halogenated alkanes) is 2. The van der Waals surface area contributed by atoms with Crippen LogP contribution in [0, 0.1) is 0 Å². The second-order valence-corrected chi connectivity index (χ2v) is 9.43. The predicted molar refractivity (Wildman–Crippen MR) is 134 cm³/mol. The predicted octanol–water partition coefficient (Wildman–Crippen LogP) is 6.20. The van der Waals surface area contributed by atoms with Crippen molar-refractivity contribution in [1.29, 1.82) is 0 Å². The largest absolute Gasteiger partial charge is 0.508 e. The van der Waals surface area contributed by atoms with Crippen LogP contribution in [-0.4, -0.2) is 40.4 Å². The number of benzene rings is 1. The molecule has 1 unspecified atom stereocenters. The van der Waals surface area contributed by atoms with Gasteiger partial charge in [-0.3, -0.25) is 4.79 Å². The first-order chi connectivity index (χ1) is 16.3. The number of rotatable bonds is 11. The van der Waals surface area contributed by atoms with E-state index in [0.717, 1.165) is 53.6 Å². The first-order valence-corrected chi connectivity index (χ1v) is 12.5. The molecule has 0 aliphatic carbocycles. The fourth-order valence-corrected chi connectivity index (χ4v) is 5.65. The molecule has 2 heterocycles. The summed E-state index contributed by atoms with van der Waals surface area (Å²) in [5, 5.41) is 20.7. The second kappa shape index (κ2) is 11.4. The summed E-state index contributed by atoms with van der Waals surface area (Å²) in [6.07, 6.45) is 5.19. The SMILES string of the molecule is CCCCCC(CC)c1c(-c2ccc(O)cc2O)n(CCOC(C)=O)c2cc(C(=O)OC)sc12. The zero-order chi connectivity index (χ0) is 24.8. The molecule has 0 saturated heterocycles. The molecule has 0 aliphatic heterocycles. The summed E-state index contributed by atoms with van der Waals surface area (Å²) in [6.45, 7) is 6.19. The highest BCUT2D eigenvalue weighted by molar-refractivity contribution is 7.21. The Morgan fingerprint density at radius 2 is 1.91 bits per heavy atom. The molecule has 0 saturated carbocycles. The Kier molecular flexibility index (Phi) is 8.61. The Morgan fingerprint density at radius 1 is 1.15 bits per heavy atom. The van der Waals surface area contributed by atoms with Crippen molar-refractivity contribution in [2.24, 2.45) is 0 Å². The van der Waals surface area contributed by atoms with Crippen LogP contribution in [0.15, 0.2) is 24.3 Å². The summed E-state index contributed by atoms with van der Waals surface area (Å²) >= 11 is 1.38. The lowest BCUT2D eigenvalue weighted by atomic mass is 9.89. The number of phenols is 2. The molecule has 184 valence electrons. The molecular weight excluding hydrogens is 454 g/mol.